The summed E-state index contributed by atoms with van der Waals surface area (Å²) >= 11 is 1.01. The van der Waals surface area contributed by atoms with E-state index in [0.29, 0.717) is 12.2 Å². The molecule has 25 heavy (non-hydrogen) atoms. The van der Waals surface area contributed by atoms with Crippen LogP contribution in [0.1, 0.15) is 6.23 Å². The molecule has 0 aliphatic carbocycles. The minimum Gasteiger partial charge on any atom is -0.479 e. The molecule has 0 amide bonds. The Bertz CT molecular complexity index is 749. The number of carboxylic acids is 3. The topological polar surface area (TPSA) is 182 Å². The average Bonchev–Trinajstić information content (AvgIpc) is 2.99. The zero-order valence-corrected chi connectivity index (χ0v) is 13.1. The van der Waals surface area contributed by atoms with E-state index in [0.717, 1.165) is 22.5 Å². The second-order valence-electron chi connectivity index (χ2n) is 4.27. The molecule has 2 rings (SSSR count). The molecule has 2 atom stereocenters. The highest BCUT2D eigenvalue weighted by Crippen LogP contribution is 2.31. The van der Waals surface area contributed by atoms with Crippen molar-refractivity contribution in [1.29, 1.82) is 0 Å². The third-order valence-electron chi connectivity index (χ3n) is 2.49. The van der Waals surface area contributed by atoms with E-state index in [1.165, 1.54) is 0 Å². The monoisotopic (exact) mass is 377 g/mol. The number of anilines is 1. The molecule has 1 aromatic heterocycles. The molecule has 11 nitrogen and oxygen atoms in total. The number of aromatic nitrogens is 2. The van der Waals surface area contributed by atoms with Gasteiger partial charge in [0.05, 0.1) is 6.20 Å². The molecule has 1 aromatic rings. The van der Waals surface area contributed by atoms with Crippen molar-refractivity contribution in [3.8, 4) is 0 Å². The normalized spacial score (nSPS) is 19.2. The Balaban J connectivity index is 0.000000333. The Morgan fingerprint density at radius 1 is 1.32 bits per heavy atom. The van der Waals surface area contributed by atoms with Gasteiger partial charge < -0.3 is 25.8 Å². The van der Waals surface area contributed by atoms with Crippen LogP contribution in [-0.2, 0) is 19.1 Å². The molecule has 0 bridgehead atoms. The molecule has 0 aromatic carbocycles. The zero-order valence-electron chi connectivity index (χ0n) is 12.2. The van der Waals surface area contributed by atoms with Crippen LogP contribution in [0.2, 0.25) is 0 Å². The van der Waals surface area contributed by atoms with Crippen molar-refractivity contribution in [1.82, 2.24) is 9.55 Å². The summed E-state index contributed by atoms with van der Waals surface area (Å²) in [5, 5.41) is 24.3. The van der Waals surface area contributed by atoms with E-state index in [4.69, 9.17) is 25.8 Å². The first-order valence-corrected chi connectivity index (χ1v) is 7.34. The van der Waals surface area contributed by atoms with Crippen LogP contribution in [0.25, 0.3) is 0 Å². The Morgan fingerprint density at radius 3 is 2.32 bits per heavy atom. The quantitative estimate of drug-likeness (QED) is 0.489. The van der Waals surface area contributed by atoms with E-state index in [1.807, 2.05) is 0 Å². The average molecular weight is 377 g/mol. The Morgan fingerprint density at radius 2 is 1.88 bits per heavy atom. The smallest absolute Gasteiger partial charge is 0.351 e. The highest BCUT2D eigenvalue weighted by Gasteiger charge is 2.33. The van der Waals surface area contributed by atoms with Gasteiger partial charge in [0, 0.05) is 17.9 Å². The fraction of sp³-hybridized carbons (Fsp3) is 0.250. The van der Waals surface area contributed by atoms with Gasteiger partial charge in [-0.1, -0.05) is 0 Å². The third-order valence-corrected chi connectivity index (χ3v) is 3.58. The van der Waals surface area contributed by atoms with Crippen LogP contribution in [-0.4, -0.2) is 54.0 Å². The number of hydrogen-bond acceptors (Lipinski definition) is 8. The lowest BCUT2D eigenvalue weighted by atomic mass is 10.5. The number of aliphatic carboxylic acids is 3. The van der Waals surface area contributed by atoms with Crippen molar-refractivity contribution < 1.29 is 38.8 Å². The van der Waals surface area contributed by atoms with Gasteiger partial charge in [-0.25, -0.2) is 23.6 Å². The van der Waals surface area contributed by atoms with Crippen LogP contribution in [0.5, 0.6) is 0 Å². The van der Waals surface area contributed by atoms with Gasteiger partial charge in [0.15, 0.2) is 11.6 Å². The molecule has 5 N–H and O–H groups in total. The molecule has 2 heterocycles. The summed E-state index contributed by atoms with van der Waals surface area (Å²) in [5.41, 5.74) is 3.28. The van der Waals surface area contributed by atoms with Gasteiger partial charge in [-0.15, -0.1) is 11.8 Å². The second-order valence-corrected chi connectivity index (χ2v) is 5.36. The van der Waals surface area contributed by atoms with Crippen molar-refractivity contribution in [2.75, 3.05) is 11.5 Å². The molecule has 1 saturated heterocycles. The first-order valence-electron chi connectivity index (χ1n) is 6.29. The maximum Gasteiger partial charge on any atom is 0.351 e. The molecule has 1 aliphatic rings. The van der Waals surface area contributed by atoms with Gasteiger partial charge in [-0.05, 0) is 0 Å². The molecule has 0 radical (unpaired) electrons. The maximum absolute atomic E-state index is 13.1. The number of carboxylic acid groups (broad SMARTS) is 3. The Kier molecular flexibility index (Phi) is 7.07. The van der Waals surface area contributed by atoms with Crippen LogP contribution in [0.4, 0.5) is 10.2 Å². The Hall–Kier alpha value is -2.93. The van der Waals surface area contributed by atoms with Crippen molar-refractivity contribution in [3.05, 3.63) is 34.7 Å². The van der Waals surface area contributed by atoms with E-state index in [2.05, 4.69) is 4.98 Å². The highest BCUT2D eigenvalue weighted by molar-refractivity contribution is 8.00. The largest absolute Gasteiger partial charge is 0.479 e. The van der Waals surface area contributed by atoms with Gasteiger partial charge in [0.1, 0.15) is 6.23 Å². The minimum absolute atomic E-state index is 0.224. The Labute approximate surface area is 142 Å². The van der Waals surface area contributed by atoms with Gasteiger partial charge >= 0.3 is 23.6 Å². The van der Waals surface area contributed by atoms with Gasteiger partial charge in [0.2, 0.25) is 5.44 Å². The number of carbonyl (C=O) groups is 3. The number of nitrogens with two attached hydrogens (primary N) is 1. The number of halogens is 1. The molecule has 0 unspecified atom stereocenters. The molecular weight excluding hydrogens is 365 g/mol. The predicted octanol–water partition coefficient (Wildman–Crippen LogP) is -0.651. The summed E-state index contributed by atoms with van der Waals surface area (Å²) in [6.45, 7) is 0. The van der Waals surface area contributed by atoms with Crippen molar-refractivity contribution in [3.63, 3.8) is 0 Å². The number of hydrogen-bond donors (Lipinski definition) is 4. The molecular formula is C12H12FN3O8S. The van der Waals surface area contributed by atoms with Gasteiger partial charge in [-0.2, -0.15) is 4.98 Å². The van der Waals surface area contributed by atoms with Crippen LogP contribution in [0.3, 0.4) is 0 Å². The van der Waals surface area contributed by atoms with Crippen LogP contribution < -0.4 is 11.4 Å². The van der Waals surface area contributed by atoms with Gasteiger partial charge in [0.25, 0.3) is 0 Å². The number of thioether (sulfide) groups is 1. The number of nitrogen functional groups attached to an aromatic ring is 1. The molecule has 0 saturated carbocycles. The van der Waals surface area contributed by atoms with E-state index < -0.39 is 46.9 Å². The molecule has 0 spiro atoms. The van der Waals surface area contributed by atoms with Crippen LogP contribution >= 0.6 is 11.8 Å². The summed E-state index contributed by atoms with van der Waals surface area (Å²) in [7, 11) is 0. The standard InChI is InChI=1S/C8H8FN3O4S.C4H4O4/c9-3-1-12(8(15)11-5(3)10)4-2-17-7(16-4)6(13)14;5-3(6)1-2-4(7)8/h1,4,7H,2H2,(H,13,14)(H2,10,11,15);1-2H,(H,5,6)(H,7,8)/b;2-1-/t4-,7+;/m0./s1. The summed E-state index contributed by atoms with van der Waals surface area (Å²) in [6.07, 6.45) is 1.13. The number of rotatable bonds is 4. The maximum atomic E-state index is 13.1. The lowest BCUT2D eigenvalue weighted by molar-refractivity contribution is -0.147. The first kappa shape index (κ1) is 20.1. The fourth-order valence-corrected chi connectivity index (χ4v) is 2.40. The minimum atomic E-state index is -1.26. The lowest BCUT2D eigenvalue weighted by Crippen LogP contribution is -2.30. The summed E-state index contributed by atoms with van der Waals surface area (Å²) in [4.78, 5) is 44.4. The second kappa shape index (κ2) is 8.79. The van der Waals surface area contributed by atoms with Crippen molar-refractivity contribution in [2.45, 2.75) is 11.7 Å². The van der Waals surface area contributed by atoms with Crippen molar-refractivity contribution in [2.24, 2.45) is 0 Å². The number of nitrogens with zero attached hydrogens (tertiary/aromatic N) is 2. The number of ether oxygens (including phenoxy) is 1. The van der Waals surface area contributed by atoms with E-state index in [9.17, 15) is 23.6 Å². The SMILES string of the molecule is Nc1nc(=O)n([C@@H]2CS[C@H](C(=O)O)O2)cc1F.O=C(O)/C=C\C(=O)O. The summed E-state index contributed by atoms with van der Waals surface area (Å²) in [5.74, 6) is -4.78. The summed E-state index contributed by atoms with van der Waals surface area (Å²) < 4.78 is 19.1. The van der Waals surface area contributed by atoms with E-state index >= 15 is 0 Å². The zero-order chi connectivity index (χ0) is 19.1. The predicted molar refractivity (Wildman–Crippen MR) is 81.3 cm³/mol. The lowest BCUT2D eigenvalue weighted by Gasteiger charge is -2.12. The third kappa shape index (κ3) is 6.23. The first-order chi connectivity index (χ1) is 11.6. The van der Waals surface area contributed by atoms with Crippen LogP contribution in [0, 0.1) is 5.82 Å². The molecule has 13 heteroatoms. The molecule has 1 fully saturated rings. The molecule has 1 aliphatic heterocycles. The van der Waals surface area contributed by atoms with Crippen LogP contribution in [0.15, 0.2) is 23.1 Å². The molecule has 136 valence electrons. The van der Waals surface area contributed by atoms with Gasteiger partial charge in [-0.3, -0.25) is 4.57 Å². The van der Waals surface area contributed by atoms with E-state index in [1.54, 1.807) is 0 Å². The van der Waals surface area contributed by atoms with E-state index in [-0.39, 0.29) is 5.75 Å². The fourth-order valence-electron chi connectivity index (χ4n) is 1.47. The van der Waals surface area contributed by atoms with Crippen molar-refractivity contribution >= 4 is 35.5 Å². The highest BCUT2D eigenvalue weighted by atomic mass is 32.2. The summed E-state index contributed by atoms with van der Waals surface area (Å²) in [6, 6.07) is 0.